The summed E-state index contributed by atoms with van der Waals surface area (Å²) >= 11 is 7.30. The van der Waals surface area contributed by atoms with Crippen LogP contribution in [0.15, 0.2) is 124 Å². The molecule has 0 aromatic heterocycles. The number of unbranched alkanes of at least 4 members (excludes halogenated alkanes) is 1. The van der Waals surface area contributed by atoms with Gasteiger partial charge in [-0.1, -0.05) is 87.7 Å². The predicted molar refractivity (Wildman–Crippen MR) is 222 cm³/mol. The van der Waals surface area contributed by atoms with Crippen molar-refractivity contribution >= 4 is 66.0 Å². The van der Waals surface area contributed by atoms with Crippen LogP contribution < -0.4 is 9.80 Å². The molecule has 0 atom stereocenters. The van der Waals surface area contributed by atoms with Gasteiger partial charge in [-0.15, -0.1) is 0 Å². The normalized spacial score (nSPS) is 12.0. The number of rotatable bonds is 9. The van der Waals surface area contributed by atoms with Crippen LogP contribution >= 0.6 is 31.9 Å². The SMILES string of the molecule is CCCCc1cc(C)c(N(c2ccc(Br)cc2)c2ccc3c(c2)CCc2cc(N(c4ccc(Br)cc4)c4c(C)cccc4C)ccc2-3)c(C)c1. The third kappa shape index (κ3) is 6.81. The summed E-state index contributed by atoms with van der Waals surface area (Å²) in [6.07, 6.45) is 5.56. The highest BCUT2D eigenvalue weighted by molar-refractivity contribution is 9.10. The van der Waals surface area contributed by atoms with Gasteiger partial charge in [0, 0.05) is 31.7 Å². The van der Waals surface area contributed by atoms with Gasteiger partial charge in [0.2, 0.25) is 0 Å². The molecule has 0 radical (unpaired) electrons. The van der Waals surface area contributed by atoms with E-state index in [-0.39, 0.29) is 0 Å². The average Bonchev–Trinajstić information content (AvgIpc) is 3.11. The summed E-state index contributed by atoms with van der Waals surface area (Å²) < 4.78 is 2.17. The Morgan fingerprint density at radius 2 is 0.920 bits per heavy atom. The van der Waals surface area contributed by atoms with Gasteiger partial charge in [-0.2, -0.15) is 0 Å². The van der Waals surface area contributed by atoms with E-state index in [4.69, 9.17) is 0 Å². The zero-order valence-corrected chi connectivity index (χ0v) is 32.8. The van der Waals surface area contributed by atoms with Crippen molar-refractivity contribution in [3.63, 3.8) is 0 Å². The first-order chi connectivity index (χ1) is 24.2. The summed E-state index contributed by atoms with van der Waals surface area (Å²) in [7, 11) is 0. The molecule has 1 aliphatic carbocycles. The molecular formula is C46H44Br2N2. The summed E-state index contributed by atoms with van der Waals surface area (Å²) in [5.74, 6) is 0. The Hall–Kier alpha value is -4.12. The molecule has 0 spiro atoms. The van der Waals surface area contributed by atoms with E-state index in [2.05, 4.69) is 192 Å². The fraction of sp³-hybridized carbons (Fsp3) is 0.217. The number of hydrogen-bond acceptors (Lipinski definition) is 2. The van der Waals surface area contributed by atoms with Crippen molar-refractivity contribution in [3.05, 3.63) is 163 Å². The largest absolute Gasteiger partial charge is 0.310 e. The molecule has 6 aromatic carbocycles. The van der Waals surface area contributed by atoms with E-state index in [1.165, 1.54) is 91.3 Å². The minimum absolute atomic E-state index is 1.00. The molecule has 0 N–H and O–H groups in total. The minimum atomic E-state index is 1.00. The van der Waals surface area contributed by atoms with Gasteiger partial charge < -0.3 is 9.80 Å². The van der Waals surface area contributed by atoms with Crippen LogP contribution in [-0.2, 0) is 19.3 Å². The lowest BCUT2D eigenvalue weighted by atomic mass is 9.84. The van der Waals surface area contributed by atoms with Gasteiger partial charge in [0.15, 0.2) is 0 Å². The zero-order chi connectivity index (χ0) is 34.9. The molecule has 1 aliphatic rings. The van der Waals surface area contributed by atoms with Crippen LogP contribution in [0.1, 0.15) is 58.7 Å². The van der Waals surface area contributed by atoms with E-state index in [9.17, 15) is 0 Å². The molecule has 0 amide bonds. The number of hydrogen-bond donors (Lipinski definition) is 0. The van der Waals surface area contributed by atoms with E-state index in [0.29, 0.717) is 0 Å². The van der Waals surface area contributed by atoms with Crippen molar-refractivity contribution < 1.29 is 0 Å². The Kier molecular flexibility index (Phi) is 10.0. The van der Waals surface area contributed by atoms with Gasteiger partial charge >= 0.3 is 0 Å². The maximum Gasteiger partial charge on any atom is 0.0520 e. The van der Waals surface area contributed by atoms with Gasteiger partial charge in [-0.25, -0.2) is 0 Å². The third-order valence-electron chi connectivity index (χ3n) is 10.1. The van der Waals surface area contributed by atoms with Crippen LogP contribution in [0.4, 0.5) is 34.1 Å². The number of anilines is 6. The standard InChI is InChI=1S/C46H44Br2N2/c1-6-7-11-34-26-32(4)46(33(5)27-34)50(40-20-16-38(48)17-21-40)42-23-25-44-36(29-42)13-12-35-28-41(22-24-43(35)44)49(39-18-14-37(47)15-19-39)45-30(2)9-8-10-31(45)3/h8-10,14-29H,6-7,11-13H2,1-5H3. The quantitative estimate of drug-likeness (QED) is 0.144. The van der Waals surface area contributed by atoms with Gasteiger partial charge in [0.25, 0.3) is 0 Å². The smallest absolute Gasteiger partial charge is 0.0520 e. The first-order valence-electron chi connectivity index (χ1n) is 17.8. The average molecular weight is 785 g/mol. The van der Waals surface area contributed by atoms with E-state index >= 15 is 0 Å². The Bertz CT molecular complexity index is 2120. The highest BCUT2D eigenvalue weighted by Crippen LogP contribution is 2.45. The predicted octanol–water partition coefficient (Wildman–Crippen LogP) is 14.5. The van der Waals surface area contributed by atoms with Gasteiger partial charge in [0.1, 0.15) is 0 Å². The van der Waals surface area contributed by atoms with Crippen LogP contribution in [0.25, 0.3) is 11.1 Å². The first kappa shape index (κ1) is 34.3. The molecule has 0 fully saturated rings. The fourth-order valence-corrected chi connectivity index (χ4v) is 8.25. The number of nitrogens with zero attached hydrogens (tertiary/aromatic N) is 2. The second kappa shape index (κ2) is 14.6. The Balaban J connectivity index is 1.30. The lowest BCUT2D eigenvalue weighted by Crippen LogP contribution is -2.15. The minimum Gasteiger partial charge on any atom is -0.310 e. The van der Waals surface area contributed by atoms with Gasteiger partial charge in [0.05, 0.1) is 11.4 Å². The monoisotopic (exact) mass is 782 g/mol. The fourth-order valence-electron chi connectivity index (χ4n) is 7.72. The van der Waals surface area contributed by atoms with Crippen LogP contribution in [0, 0.1) is 27.7 Å². The number of benzene rings is 6. The maximum atomic E-state index is 3.66. The second-order valence-corrected chi connectivity index (χ2v) is 15.6. The lowest BCUT2D eigenvalue weighted by molar-refractivity contribution is 0.794. The molecule has 0 saturated carbocycles. The van der Waals surface area contributed by atoms with Crippen molar-refractivity contribution in [1.29, 1.82) is 0 Å². The van der Waals surface area contributed by atoms with Gasteiger partial charge in [-0.3, -0.25) is 0 Å². The topological polar surface area (TPSA) is 6.48 Å². The Labute approximate surface area is 315 Å². The molecule has 0 aliphatic heterocycles. The first-order valence-corrected chi connectivity index (χ1v) is 19.3. The van der Waals surface area contributed by atoms with E-state index in [0.717, 1.165) is 33.9 Å². The Morgan fingerprint density at radius 3 is 1.36 bits per heavy atom. The molecule has 0 saturated heterocycles. The number of para-hydroxylation sites is 1. The molecule has 0 bridgehead atoms. The van der Waals surface area contributed by atoms with E-state index in [1.807, 2.05) is 0 Å². The highest BCUT2D eigenvalue weighted by Gasteiger charge is 2.24. The maximum absolute atomic E-state index is 3.66. The number of aryl methyl sites for hydroxylation is 7. The third-order valence-corrected chi connectivity index (χ3v) is 11.1. The molecule has 252 valence electrons. The molecule has 6 aromatic rings. The van der Waals surface area contributed by atoms with Crippen molar-refractivity contribution in [2.45, 2.75) is 66.7 Å². The summed E-state index contributed by atoms with van der Waals surface area (Å²) in [6, 6.07) is 42.9. The molecule has 4 heteroatoms. The van der Waals surface area contributed by atoms with Crippen LogP contribution in [0.2, 0.25) is 0 Å². The van der Waals surface area contributed by atoms with Crippen molar-refractivity contribution in [1.82, 2.24) is 0 Å². The molecule has 0 unspecified atom stereocenters. The molecule has 50 heavy (non-hydrogen) atoms. The van der Waals surface area contributed by atoms with Crippen molar-refractivity contribution in [3.8, 4) is 11.1 Å². The summed E-state index contributed by atoms with van der Waals surface area (Å²) in [5.41, 5.74) is 19.3. The molecule has 0 heterocycles. The van der Waals surface area contributed by atoms with Crippen LogP contribution in [-0.4, -0.2) is 0 Å². The zero-order valence-electron chi connectivity index (χ0n) is 29.7. The number of fused-ring (bicyclic) bond motifs is 3. The lowest BCUT2D eigenvalue weighted by Gasteiger charge is -2.32. The molecule has 2 nitrogen and oxygen atoms in total. The van der Waals surface area contributed by atoms with Gasteiger partial charge in [-0.05, 0) is 176 Å². The van der Waals surface area contributed by atoms with Crippen LogP contribution in [0.5, 0.6) is 0 Å². The van der Waals surface area contributed by atoms with Crippen molar-refractivity contribution in [2.24, 2.45) is 0 Å². The van der Waals surface area contributed by atoms with Crippen molar-refractivity contribution in [2.75, 3.05) is 9.80 Å². The highest BCUT2D eigenvalue weighted by atomic mass is 79.9. The van der Waals surface area contributed by atoms with E-state index in [1.54, 1.807) is 0 Å². The van der Waals surface area contributed by atoms with E-state index < -0.39 is 0 Å². The number of halogens is 2. The second-order valence-electron chi connectivity index (χ2n) is 13.7. The van der Waals surface area contributed by atoms with Crippen LogP contribution in [0.3, 0.4) is 0 Å². The summed E-state index contributed by atoms with van der Waals surface area (Å²) in [5, 5.41) is 0. The summed E-state index contributed by atoms with van der Waals surface area (Å²) in [6.45, 7) is 11.2. The molecular weight excluding hydrogens is 740 g/mol. The molecule has 7 rings (SSSR count). The Morgan fingerprint density at radius 1 is 0.500 bits per heavy atom. The summed E-state index contributed by atoms with van der Waals surface area (Å²) in [4.78, 5) is 4.88.